The maximum atomic E-state index is 11.7. The molecule has 1 amide bonds. The smallest absolute Gasteiger partial charge is 0.251 e. The molecule has 3 rings (SSSR count). The maximum Gasteiger partial charge on any atom is 0.251 e. The second-order valence-electron chi connectivity index (χ2n) is 6.30. The van der Waals surface area contributed by atoms with E-state index in [1.165, 1.54) is 5.56 Å². The summed E-state index contributed by atoms with van der Waals surface area (Å²) in [7, 11) is 1.64. The first kappa shape index (κ1) is 18.7. The number of hydrogen-bond acceptors (Lipinski definition) is 3. The number of benzene rings is 3. The lowest BCUT2D eigenvalue weighted by atomic mass is 10.1. The molecule has 0 aliphatic rings. The fraction of sp³-hybridized carbons (Fsp3) is 0.174. The molecule has 138 valence electrons. The molecule has 0 saturated heterocycles. The van der Waals surface area contributed by atoms with Crippen molar-refractivity contribution < 1.29 is 9.53 Å². The van der Waals surface area contributed by atoms with Crippen LogP contribution in [0, 0.1) is 0 Å². The van der Waals surface area contributed by atoms with Crippen LogP contribution in [-0.4, -0.2) is 13.0 Å². The number of carbonyl (C=O) groups is 1. The van der Waals surface area contributed by atoms with Crippen LogP contribution < -0.4 is 15.4 Å². The van der Waals surface area contributed by atoms with Gasteiger partial charge in [-0.15, -0.1) is 0 Å². The van der Waals surface area contributed by atoms with Crippen molar-refractivity contribution in [2.45, 2.75) is 19.7 Å². The van der Waals surface area contributed by atoms with E-state index >= 15 is 0 Å². The molecule has 3 aromatic carbocycles. The van der Waals surface area contributed by atoms with Gasteiger partial charge in [-0.1, -0.05) is 54.6 Å². The Hall–Kier alpha value is -3.11. The van der Waals surface area contributed by atoms with Gasteiger partial charge in [0.15, 0.2) is 0 Å². The highest BCUT2D eigenvalue weighted by Gasteiger charge is 2.03. The molecule has 2 N–H and O–H groups in total. The first-order chi connectivity index (χ1) is 13.2. The molecule has 4 nitrogen and oxygen atoms in total. The minimum atomic E-state index is -0.0667. The zero-order chi connectivity index (χ0) is 18.9. The summed E-state index contributed by atoms with van der Waals surface area (Å²) < 4.78 is 5.81. The Morgan fingerprint density at radius 2 is 1.52 bits per heavy atom. The molecule has 0 fully saturated rings. The fourth-order valence-corrected chi connectivity index (χ4v) is 2.76. The summed E-state index contributed by atoms with van der Waals surface area (Å²) in [4.78, 5) is 11.7. The Balaban J connectivity index is 1.47. The lowest BCUT2D eigenvalue weighted by Crippen LogP contribution is -2.18. The van der Waals surface area contributed by atoms with Crippen LogP contribution in [0.5, 0.6) is 5.75 Å². The number of ether oxygens (including phenoxy) is 1. The third kappa shape index (κ3) is 5.69. The first-order valence-electron chi connectivity index (χ1n) is 9.02. The van der Waals surface area contributed by atoms with Crippen LogP contribution >= 0.6 is 0 Å². The van der Waals surface area contributed by atoms with E-state index in [-0.39, 0.29) is 5.91 Å². The van der Waals surface area contributed by atoms with Gasteiger partial charge in [0.05, 0.1) is 0 Å². The van der Waals surface area contributed by atoms with Crippen molar-refractivity contribution in [1.82, 2.24) is 10.6 Å². The van der Waals surface area contributed by atoms with Gasteiger partial charge in [-0.05, 0) is 41.0 Å². The molecular formula is C23H24N2O2. The molecular weight excluding hydrogens is 336 g/mol. The molecule has 0 aliphatic carbocycles. The Labute approximate surface area is 160 Å². The molecule has 0 spiro atoms. The third-order valence-corrected chi connectivity index (χ3v) is 4.25. The molecule has 0 aliphatic heterocycles. The van der Waals surface area contributed by atoms with Crippen molar-refractivity contribution in [2.24, 2.45) is 0 Å². The second-order valence-corrected chi connectivity index (χ2v) is 6.30. The van der Waals surface area contributed by atoms with E-state index in [4.69, 9.17) is 4.74 Å². The van der Waals surface area contributed by atoms with Crippen LogP contribution in [0.15, 0.2) is 78.9 Å². The highest BCUT2D eigenvalue weighted by Crippen LogP contribution is 2.14. The van der Waals surface area contributed by atoms with Gasteiger partial charge in [0.1, 0.15) is 12.4 Å². The van der Waals surface area contributed by atoms with Gasteiger partial charge in [-0.2, -0.15) is 0 Å². The SMILES string of the molecule is CNC(=O)c1cccc(CNCc2ccc(OCc3ccccc3)cc2)c1. The molecule has 0 atom stereocenters. The molecule has 0 saturated carbocycles. The summed E-state index contributed by atoms with van der Waals surface area (Å²) in [6.45, 7) is 2.03. The maximum absolute atomic E-state index is 11.7. The van der Waals surface area contributed by atoms with Gasteiger partial charge in [-0.25, -0.2) is 0 Å². The molecule has 27 heavy (non-hydrogen) atoms. The zero-order valence-electron chi connectivity index (χ0n) is 15.4. The van der Waals surface area contributed by atoms with Crippen molar-refractivity contribution in [1.29, 1.82) is 0 Å². The van der Waals surface area contributed by atoms with E-state index < -0.39 is 0 Å². The van der Waals surface area contributed by atoms with Gasteiger partial charge in [-0.3, -0.25) is 4.79 Å². The molecule has 0 aromatic heterocycles. The van der Waals surface area contributed by atoms with E-state index in [1.807, 2.05) is 54.6 Å². The Bertz CT molecular complexity index is 861. The summed E-state index contributed by atoms with van der Waals surface area (Å²) in [5.74, 6) is 0.795. The Morgan fingerprint density at radius 1 is 0.815 bits per heavy atom. The van der Waals surface area contributed by atoms with Gasteiger partial charge >= 0.3 is 0 Å². The van der Waals surface area contributed by atoms with E-state index in [2.05, 4.69) is 34.9 Å². The van der Waals surface area contributed by atoms with Gasteiger partial charge < -0.3 is 15.4 Å². The topological polar surface area (TPSA) is 50.4 Å². The van der Waals surface area contributed by atoms with Crippen molar-refractivity contribution in [3.63, 3.8) is 0 Å². The predicted molar refractivity (Wildman–Crippen MR) is 108 cm³/mol. The number of hydrogen-bond donors (Lipinski definition) is 2. The van der Waals surface area contributed by atoms with Crippen molar-refractivity contribution in [2.75, 3.05) is 7.05 Å². The summed E-state index contributed by atoms with van der Waals surface area (Å²) in [5.41, 5.74) is 4.10. The lowest BCUT2D eigenvalue weighted by Gasteiger charge is -2.09. The number of amides is 1. The van der Waals surface area contributed by atoms with E-state index in [1.54, 1.807) is 7.05 Å². The third-order valence-electron chi connectivity index (χ3n) is 4.25. The number of nitrogens with one attached hydrogen (secondary N) is 2. The Kier molecular flexibility index (Phi) is 6.61. The molecule has 4 heteroatoms. The summed E-state index contributed by atoms with van der Waals surface area (Å²) in [6, 6.07) is 25.9. The van der Waals surface area contributed by atoms with Crippen LogP contribution in [0.4, 0.5) is 0 Å². The van der Waals surface area contributed by atoms with Crippen molar-refractivity contribution in [3.8, 4) is 5.75 Å². The predicted octanol–water partition coefficient (Wildman–Crippen LogP) is 3.92. The largest absolute Gasteiger partial charge is 0.489 e. The molecule has 0 radical (unpaired) electrons. The van der Waals surface area contributed by atoms with Crippen LogP contribution in [-0.2, 0) is 19.7 Å². The minimum Gasteiger partial charge on any atom is -0.489 e. The average molecular weight is 360 g/mol. The minimum absolute atomic E-state index is 0.0667. The van der Waals surface area contributed by atoms with Crippen molar-refractivity contribution in [3.05, 3.63) is 101 Å². The first-order valence-corrected chi connectivity index (χ1v) is 9.02. The molecule has 0 heterocycles. The molecule has 0 bridgehead atoms. The second kappa shape index (κ2) is 9.55. The average Bonchev–Trinajstić information content (AvgIpc) is 2.73. The van der Waals surface area contributed by atoms with Crippen LogP contribution in [0.2, 0.25) is 0 Å². The standard InChI is InChI=1S/C23H24N2O2/c1-24-23(26)21-9-5-8-20(14-21)16-25-15-18-10-12-22(13-11-18)27-17-19-6-3-2-4-7-19/h2-14,25H,15-17H2,1H3,(H,24,26). The molecule has 3 aromatic rings. The quantitative estimate of drug-likeness (QED) is 0.640. The molecule has 0 unspecified atom stereocenters. The monoisotopic (exact) mass is 360 g/mol. The van der Waals surface area contributed by atoms with Crippen molar-refractivity contribution >= 4 is 5.91 Å². The number of carbonyl (C=O) groups excluding carboxylic acids is 1. The van der Waals surface area contributed by atoms with Crippen LogP contribution in [0.1, 0.15) is 27.0 Å². The number of rotatable bonds is 8. The fourth-order valence-electron chi connectivity index (χ4n) is 2.76. The van der Waals surface area contributed by atoms with E-state index in [9.17, 15) is 4.79 Å². The summed E-state index contributed by atoms with van der Waals surface area (Å²) >= 11 is 0. The van der Waals surface area contributed by atoms with Crippen LogP contribution in [0.25, 0.3) is 0 Å². The van der Waals surface area contributed by atoms with Crippen LogP contribution in [0.3, 0.4) is 0 Å². The van der Waals surface area contributed by atoms with Gasteiger partial charge in [0.2, 0.25) is 0 Å². The van der Waals surface area contributed by atoms with Gasteiger partial charge in [0, 0.05) is 25.7 Å². The highest BCUT2D eigenvalue weighted by atomic mass is 16.5. The Morgan fingerprint density at radius 3 is 2.26 bits per heavy atom. The summed E-state index contributed by atoms with van der Waals surface area (Å²) in [5, 5.41) is 6.05. The van der Waals surface area contributed by atoms with Gasteiger partial charge in [0.25, 0.3) is 5.91 Å². The zero-order valence-corrected chi connectivity index (χ0v) is 15.4. The normalized spacial score (nSPS) is 10.4. The summed E-state index contributed by atoms with van der Waals surface area (Å²) in [6.07, 6.45) is 0. The highest BCUT2D eigenvalue weighted by molar-refractivity contribution is 5.94. The lowest BCUT2D eigenvalue weighted by molar-refractivity contribution is 0.0963. The van der Waals surface area contributed by atoms with E-state index in [0.29, 0.717) is 18.7 Å². The van der Waals surface area contributed by atoms with E-state index in [0.717, 1.165) is 23.4 Å².